The van der Waals surface area contributed by atoms with Crippen LogP contribution in [-0.2, 0) is 25.6 Å². The number of esters is 1. The van der Waals surface area contributed by atoms with E-state index in [-0.39, 0.29) is 11.9 Å². The molecule has 2 atom stereocenters. The molecule has 0 bridgehead atoms. The minimum absolute atomic E-state index is 0.0702. The van der Waals surface area contributed by atoms with Crippen LogP contribution in [0.2, 0.25) is 0 Å². The zero-order valence-electron chi connectivity index (χ0n) is 15.0. The second-order valence-corrected chi connectivity index (χ2v) is 6.54. The highest BCUT2D eigenvalue weighted by Crippen LogP contribution is 2.18. The highest BCUT2D eigenvalue weighted by atomic mass is 16.7. The first-order chi connectivity index (χ1) is 12.0. The fourth-order valence-electron chi connectivity index (χ4n) is 2.74. The number of nitrogens with zero attached hydrogens (tertiary/aromatic N) is 1. The predicted molar refractivity (Wildman–Crippen MR) is 95.1 cm³/mol. The molecule has 0 radical (unpaired) electrons. The van der Waals surface area contributed by atoms with E-state index in [1.54, 1.807) is 6.92 Å². The number of benzene rings is 1. The molecular weight excluding hydrogens is 320 g/mol. The maximum atomic E-state index is 12.4. The highest BCUT2D eigenvalue weighted by Gasteiger charge is 2.33. The van der Waals surface area contributed by atoms with Crippen molar-refractivity contribution in [1.29, 1.82) is 0 Å². The summed E-state index contributed by atoms with van der Waals surface area (Å²) in [6.45, 7) is 6.21. The van der Waals surface area contributed by atoms with Gasteiger partial charge < -0.3 is 14.9 Å². The van der Waals surface area contributed by atoms with Crippen LogP contribution in [0.15, 0.2) is 35.5 Å². The molecule has 2 rings (SSSR count). The summed E-state index contributed by atoms with van der Waals surface area (Å²) >= 11 is 0. The minimum atomic E-state index is -0.712. The Balaban J connectivity index is 1.97. The monoisotopic (exact) mass is 346 g/mol. The van der Waals surface area contributed by atoms with Gasteiger partial charge in [-0.05, 0) is 24.8 Å². The number of ether oxygens (including phenoxy) is 1. The fraction of sp³-hybridized carbons (Fsp3) is 0.526. The average Bonchev–Trinajstić information content (AvgIpc) is 3.05. The molecule has 0 fully saturated rings. The molecule has 0 aliphatic carbocycles. The van der Waals surface area contributed by atoms with E-state index in [9.17, 15) is 9.59 Å². The van der Waals surface area contributed by atoms with Gasteiger partial charge in [0.2, 0.25) is 12.0 Å². The van der Waals surface area contributed by atoms with E-state index in [4.69, 9.17) is 9.57 Å². The van der Waals surface area contributed by atoms with Crippen molar-refractivity contribution < 1.29 is 19.2 Å². The van der Waals surface area contributed by atoms with Crippen molar-refractivity contribution in [2.45, 2.75) is 52.2 Å². The number of rotatable bonds is 8. The van der Waals surface area contributed by atoms with Crippen molar-refractivity contribution in [3.05, 3.63) is 35.9 Å². The van der Waals surface area contributed by atoms with E-state index in [1.165, 1.54) is 0 Å². The summed E-state index contributed by atoms with van der Waals surface area (Å²) in [5.74, 6) is -0.120. The molecule has 1 aromatic rings. The second kappa shape index (κ2) is 9.20. The molecule has 1 aliphatic heterocycles. The lowest BCUT2D eigenvalue weighted by Crippen LogP contribution is -2.42. The van der Waals surface area contributed by atoms with Crippen LogP contribution in [0.4, 0.5) is 0 Å². The van der Waals surface area contributed by atoms with Crippen LogP contribution < -0.4 is 5.32 Å². The summed E-state index contributed by atoms with van der Waals surface area (Å²) in [5.41, 5.74) is 1.64. The Labute approximate surface area is 148 Å². The molecule has 1 amide bonds. The van der Waals surface area contributed by atoms with Crippen LogP contribution in [0.5, 0.6) is 0 Å². The van der Waals surface area contributed by atoms with Crippen molar-refractivity contribution >= 4 is 17.6 Å². The zero-order valence-corrected chi connectivity index (χ0v) is 15.0. The summed E-state index contributed by atoms with van der Waals surface area (Å²) in [4.78, 5) is 29.4. The topological polar surface area (TPSA) is 77.0 Å². The Morgan fingerprint density at radius 3 is 2.68 bits per heavy atom. The first-order valence-electron chi connectivity index (χ1n) is 8.72. The zero-order chi connectivity index (χ0) is 18.2. The molecule has 1 aromatic carbocycles. The van der Waals surface area contributed by atoms with Gasteiger partial charge in [0, 0.05) is 6.42 Å². The van der Waals surface area contributed by atoms with Gasteiger partial charge >= 0.3 is 5.97 Å². The van der Waals surface area contributed by atoms with Crippen LogP contribution in [0.3, 0.4) is 0 Å². The van der Waals surface area contributed by atoms with Gasteiger partial charge in [0.1, 0.15) is 0 Å². The van der Waals surface area contributed by atoms with Crippen molar-refractivity contribution in [2.75, 3.05) is 6.61 Å². The van der Waals surface area contributed by atoms with Crippen LogP contribution in [0.1, 0.15) is 39.2 Å². The van der Waals surface area contributed by atoms with E-state index in [0.717, 1.165) is 12.0 Å². The molecule has 6 nitrogen and oxygen atoms in total. The predicted octanol–water partition coefficient (Wildman–Crippen LogP) is 2.47. The Morgan fingerprint density at radius 2 is 2.04 bits per heavy atom. The van der Waals surface area contributed by atoms with Crippen LogP contribution >= 0.6 is 0 Å². The molecule has 1 aliphatic rings. The molecule has 25 heavy (non-hydrogen) atoms. The smallest absolute Gasteiger partial charge is 0.350 e. The Hall–Kier alpha value is -2.37. The van der Waals surface area contributed by atoms with Crippen molar-refractivity contribution in [3.8, 4) is 0 Å². The van der Waals surface area contributed by atoms with Gasteiger partial charge in [-0.1, -0.05) is 49.3 Å². The number of nitrogens with one attached hydrogen (secondary N) is 1. The summed E-state index contributed by atoms with van der Waals surface area (Å²) in [6, 6.07) is 9.34. The first-order valence-corrected chi connectivity index (χ1v) is 8.72. The molecule has 0 spiro atoms. The van der Waals surface area contributed by atoms with Gasteiger partial charge in [0.05, 0.1) is 24.8 Å². The Morgan fingerprint density at radius 1 is 1.32 bits per heavy atom. The van der Waals surface area contributed by atoms with Crippen LogP contribution in [-0.4, -0.2) is 36.3 Å². The Bertz CT molecular complexity index is 613. The molecule has 136 valence electrons. The summed E-state index contributed by atoms with van der Waals surface area (Å²) in [5, 5.41) is 7.06. The molecule has 6 heteroatoms. The van der Waals surface area contributed by atoms with E-state index in [1.807, 2.05) is 30.3 Å². The lowest BCUT2D eigenvalue weighted by Gasteiger charge is -2.20. The van der Waals surface area contributed by atoms with Gasteiger partial charge in [-0.3, -0.25) is 4.79 Å². The van der Waals surface area contributed by atoms with E-state index in [0.29, 0.717) is 31.1 Å². The third-order valence-electron chi connectivity index (χ3n) is 3.89. The second-order valence-electron chi connectivity index (χ2n) is 6.54. The number of carbonyl (C=O) groups is 2. The maximum Gasteiger partial charge on any atom is 0.350 e. The third-order valence-corrected chi connectivity index (χ3v) is 3.89. The van der Waals surface area contributed by atoms with Crippen molar-refractivity contribution in [2.24, 2.45) is 11.1 Å². The average molecular weight is 346 g/mol. The van der Waals surface area contributed by atoms with Crippen LogP contribution in [0.25, 0.3) is 0 Å². The van der Waals surface area contributed by atoms with Gasteiger partial charge in [-0.25, -0.2) is 4.79 Å². The highest BCUT2D eigenvalue weighted by molar-refractivity contribution is 5.97. The molecule has 1 N–H and O–H groups in total. The fourth-order valence-corrected chi connectivity index (χ4v) is 2.74. The van der Waals surface area contributed by atoms with Gasteiger partial charge in [0.25, 0.3) is 0 Å². The van der Waals surface area contributed by atoms with Gasteiger partial charge in [-0.15, -0.1) is 0 Å². The van der Waals surface area contributed by atoms with E-state index < -0.39 is 12.1 Å². The SMILES string of the molecule is CCOC(=O)C1CC(C(CC(C)C)NC(=O)Cc2ccccc2)=NO1. The standard InChI is InChI=1S/C19H26N2O4/c1-4-24-19(23)17-12-16(21-25-17)15(10-13(2)3)20-18(22)11-14-8-6-5-7-9-14/h5-9,13,15,17H,4,10-12H2,1-3H3,(H,20,22). The number of amides is 1. The number of carbonyl (C=O) groups excluding carboxylic acids is 2. The number of hydrogen-bond acceptors (Lipinski definition) is 5. The largest absolute Gasteiger partial charge is 0.463 e. The molecule has 0 saturated carbocycles. The van der Waals surface area contributed by atoms with Crippen molar-refractivity contribution in [1.82, 2.24) is 5.32 Å². The molecule has 0 aromatic heterocycles. The molecule has 0 saturated heterocycles. The van der Waals surface area contributed by atoms with Gasteiger partial charge in [0.15, 0.2) is 0 Å². The molecule has 1 heterocycles. The number of oxime groups is 1. The minimum Gasteiger partial charge on any atom is -0.463 e. The summed E-state index contributed by atoms with van der Waals surface area (Å²) in [7, 11) is 0. The lowest BCUT2D eigenvalue weighted by atomic mass is 9.96. The van der Waals surface area contributed by atoms with Gasteiger partial charge in [-0.2, -0.15) is 0 Å². The maximum absolute atomic E-state index is 12.4. The van der Waals surface area contributed by atoms with E-state index >= 15 is 0 Å². The van der Waals surface area contributed by atoms with Crippen molar-refractivity contribution in [3.63, 3.8) is 0 Å². The van der Waals surface area contributed by atoms with E-state index in [2.05, 4.69) is 24.3 Å². The summed E-state index contributed by atoms with van der Waals surface area (Å²) < 4.78 is 4.97. The third kappa shape index (κ3) is 5.89. The normalized spacial score (nSPS) is 17.6. The quantitative estimate of drug-likeness (QED) is 0.734. The molecule has 2 unspecified atom stereocenters. The lowest BCUT2D eigenvalue weighted by molar-refractivity contribution is -0.154. The first kappa shape index (κ1) is 19.0. The Kier molecular flexibility index (Phi) is 6.98. The summed E-state index contributed by atoms with van der Waals surface area (Å²) in [6.07, 6.45) is 0.681. The molecular formula is C19H26N2O4. The van der Waals surface area contributed by atoms with Crippen LogP contribution in [0, 0.1) is 5.92 Å². The number of hydrogen-bond donors (Lipinski definition) is 1.